The number of carbonyl (C=O) groups is 2. The van der Waals surface area contributed by atoms with Crippen molar-refractivity contribution in [1.82, 2.24) is 9.78 Å². The first-order chi connectivity index (χ1) is 7.64. The molecule has 0 atom stereocenters. The molecule has 1 amide bonds. The third kappa shape index (κ3) is 2.55. The smallest absolute Gasteiger partial charge is 0.471 e. The van der Waals surface area contributed by atoms with E-state index in [0.29, 0.717) is 0 Å². The fourth-order valence-corrected chi connectivity index (χ4v) is 1.24. The minimum absolute atomic E-state index is 0.0116. The zero-order chi connectivity index (χ0) is 13.4. The molecule has 9 heteroatoms. The molecule has 1 heterocycles. The molecule has 2 N–H and O–H groups in total. The molecule has 94 valence electrons. The molecule has 0 aliphatic carbocycles. The van der Waals surface area contributed by atoms with E-state index in [-0.39, 0.29) is 5.69 Å². The fourth-order valence-electron chi connectivity index (χ4n) is 1.24. The van der Waals surface area contributed by atoms with Crippen LogP contribution in [0.25, 0.3) is 0 Å². The van der Waals surface area contributed by atoms with Crippen LogP contribution < -0.4 is 5.32 Å². The molecule has 0 bridgehead atoms. The van der Waals surface area contributed by atoms with Gasteiger partial charge in [0.25, 0.3) is 0 Å². The van der Waals surface area contributed by atoms with Crippen LogP contribution in [0.3, 0.4) is 0 Å². The van der Waals surface area contributed by atoms with Crippen LogP contribution in [0.4, 0.5) is 18.9 Å². The third-order valence-corrected chi connectivity index (χ3v) is 1.92. The number of aromatic nitrogens is 2. The maximum absolute atomic E-state index is 12.0. The Morgan fingerprint density at radius 3 is 2.35 bits per heavy atom. The molecule has 6 nitrogen and oxygen atoms in total. The summed E-state index contributed by atoms with van der Waals surface area (Å²) in [6.07, 6.45) is -5.09. The van der Waals surface area contributed by atoms with Gasteiger partial charge in [0, 0.05) is 7.05 Å². The number of rotatable bonds is 2. The van der Waals surface area contributed by atoms with Gasteiger partial charge in [-0.05, 0) is 6.92 Å². The lowest BCUT2D eigenvalue weighted by molar-refractivity contribution is -0.167. The van der Waals surface area contributed by atoms with Gasteiger partial charge >= 0.3 is 18.1 Å². The van der Waals surface area contributed by atoms with Crippen LogP contribution in [0.1, 0.15) is 16.2 Å². The Balaban J connectivity index is 3.15. The molecule has 0 unspecified atom stereocenters. The number of carboxylic acids is 1. The number of aryl methyl sites for hydroxylation is 2. The number of carboxylic acid groups (broad SMARTS) is 1. The number of carbonyl (C=O) groups excluding carboxylic acids is 1. The van der Waals surface area contributed by atoms with Gasteiger partial charge in [-0.2, -0.15) is 18.3 Å². The summed E-state index contributed by atoms with van der Waals surface area (Å²) in [5.74, 6) is -3.72. The largest absolute Gasteiger partial charge is 0.476 e. The lowest BCUT2D eigenvalue weighted by Crippen LogP contribution is -2.30. The lowest BCUT2D eigenvalue weighted by atomic mass is 10.3. The highest BCUT2D eigenvalue weighted by Gasteiger charge is 2.40. The van der Waals surface area contributed by atoms with Gasteiger partial charge in [-0.1, -0.05) is 0 Å². The van der Waals surface area contributed by atoms with E-state index >= 15 is 0 Å². The van der Waals surface area contributed by atoms with Gasteiger partial charge in [0.1, 0.15) is 0 Å². The topological polar surface area (TPSA) is 84.2 Å². The summed E-state index contributed by atoms with van der Waals surface area (Å²) >= 11 is 0. The summed E-state index contributed by atoms with van der Waals surface area (Å²) < 4.78 is 36.9. The second-order valence-corrected chi connectivity index (χ2v) is 3.19. The molecule has 0 saturated heterocycles. The number of halogens is 3. The molecule has 1 rings (SSSR count). The second-order valence-electron chi connectivity index (χ2n) is 3.19. The van der Waals surface area contributed by atoms with Gasteiger partial charge in [0.05, 0.1) is 11.4 Å². The summed E-state index contributed by atoms with van der Waals surface area (Å²) in [4.78, 5) is 21.5. The molecular formula is C8H8F3N3O3. The van der Waals surface area contributed by atoms with E-state index in [0.717, 1.165) is 4.68 Å². The second kappa shape index (κ2) is 4.07. The molecule has 1 aromatic heterocycles. The molecular weight excluding hydrogens is 243 g/mol. The molecule has 17 heavy (non-hydrogen) atoms. The Labute approximate surface area is 93.0 Å². The highest BCUT2D eigenvalue weighted by Crippen LogP contribution is 2.23. The first-order valence-electron chi connectivity index (χ1n) is 4.29. The predicted molar refractivity (Wildman–Crippen MR) is 49.6 cm³/mol. The van der Waals surface area contributed by atoms with Crippen molar-refractivity contribution in [1.29, 1.82) is 0 Å². The van der Waals surface area contributed by atoms with Crippen LogP contribution in [-0.2, 0) is 11.8 Å². The molecule has 0 fully saturated rings. The molecule has 0 aliphatic rings. The van der Waals surface area contributed by atoms with Gasteiger partial charge in [0.15, 0.2) is 5.69 Å². The maximum atomic E-state index is 12.0. The fraction of sp³-hybridized carbons (Fsp3) is 0.375. The Bertz CT molecular complexity index is 478. The first-order valence-corrected chi connectivity index (χ1v) is 4.29. The zero-order valence-corrected chi connectivity index (χ0v) is 8.79. The summed E-state index contributed by atoms with van der Waals surface area (Å²) in [5, 5.41) is 13.9. The normalized spacial score (nSPS) is 11.4. The Hall–Kier alpha value is -2.06. The molecule has 1 aromatic rings. The van der Waals surface area contributed by atoms with Crippen molar-refractivity contribution in [3.63, 3.8) is 0 Å². The number of nitrogens with one attached hydrogen (secondary N) is 1. The van der Waals surface area contributed by atoms with Gasteiger partial charge in [0.2, 0.25) is 0 Å². The van der Waals surface area contributed by atoms with Crippen LogP contribution >= 0.6 is 0 Å². The van der Waals surface area contributed by atoms with Crippen molar-refractivity contribution in [2.75, 3.05) is 5.32 Å². The van der Waals surface area contributed by atoms with Crippen molar-refractivity contribution in [3.8, 4) is 0 Å². The van der Waals surface area contributed by atoms with E-state index in [4.69, 9.17) is 5.11 Å². The number of hydrogen-bond acceptors (Lipinski definition) is 3. The highest BCUT2D eigenvalue weighted by molar-refractivity contribution is 6.01. The Morgan fingerprint density at radius 2 is 1.94 bits per heavy atom. The summed E-state index contributed by atoms with van der Waals surface area (Å²) in [6.45, 7) is 1.29. The summed E-state index contributed by atoms with van der Waals surface area (Å²) in [6, 6.07) is 0. The summed E-state index contributed by atoms with van der Waals surface area (Å²) in [5.41, 5.74) is -0.982. The van der Waals surface area contributed by atoms with Gasteiger partial charge in [-0.25, -0.2) is 4.79 Å². The van der Waals surface area contributed by atoms with Crippen molar-refractivity contribution in [2.45, 2.75) is 13.1 Å². The lowest BCUT2D eigenvalue weighted by Gasteiger charge is -2.07. The quantitative estimate of drug-likeness (QED) is 0.818. The zero-order valence-electron chi connectivity index (χ0n) is 8.79. The number of anilines is 1. The van der Waals surface area contributed by atoms with Gasteiger partial charge in [-0.15, -0.1) is 0 Å². The Kier molecular flexibility index (Phi) is 3.12. The van der Waals surface area contributed by atoms with Crippen LogP contribution in [0.15, 0.2) is 0 Å². The van der Waals surface area contributed by atoms with E-state index in [1.807, 2.05) is 0 Å². The van der Waals surface area contributed by atoms with E-state index in [1.54, 1.807) is 0 Å². The van der Waals surface area contributed by atoms with Crippen molar-refractivity contribution >= 4 is 17.6 Å². The number of hydrogen-bond donors (Lipinski definition) is 2. The molecule has 0 saturated carbocycles. The SMILES string of the molecule is Cc1nn(C)c(C(=O)O)c1NC(=O)C(F)(F)F. The average molecular weight is 251 g/mol. The average Bonchev–Trinajstić information content (AvgIpc) is 2.39. The maximum Gasteiger partial charge on any atom is 0.471 e. The van der Waals surface area contributed by atoms with Crippen LogP contribution in [0.5, 0.6) is 0 Å². The summed E-state index contributed by atoms with van der Waals surface area (Å²) in [7, 11) is 1.25. The molecule has 0 aromatic carbocycles. The Morgan fingerprint density at radius 1 is 1.41 bits per heavy atom. The van der Waals surface area contributed by atoms with Crippen LogP contribution in [0.2, 0.25) is 0 Å². The van der Waals surface area contributed by atoms with Crippen LogP contribution in [0, 0.1) is 6.92 Å². The number of amides is 1. The number of alkyl halides is 3. The van der Waals surface area contributed by atoms with Crippen LogP contribution in [-0.4, -0.2) is 32.9 Å². The van der Waals surface area contributed by atoms with Crippen molar-refractivity contribution < 1.29 is 27.9 Å². The minimum atomic E-state index is -5.09. The number of nitrogens with zero attached hydrogens (tertiary/aromatic N) is 2. The minimum Gasteiger partial charge on any atom is -0.476 e. The first kappa shape index (κ1) is 13.0. The highest BCUT2D eigenvalue weighted by atomic mass is 19.4. The monoisotopic (exact) mass is 251 g/mol. The van der Waals surface area contributed by atoms with Gasteiger partial charge < -0.3 is 10.4 Å². The van der Waals surface area contributed by atoms with Gasteiger partial charge in [-0.3, -0.25) is 9.48 Å². The number of aromatic carboxylic acids is 1. The third-order valence-electron chi connectivity index (χ3n) is 1.92. The van der Waals surface area contributed by atoms with Crippen molar-refractivity contribution in [3.05, 3.63) is 11.4 Å². The molecule has 0 aliphatic heterocycles. The molecule has 0 radical (unpaired) electrons. The molecule has 0 spiro atoms. The van der Waals surface area contributed by atoms with E-state index < -0.39 is 29.4 Å². The van der Waals surface area contributed by atoms with Crippen molar-refractivity contribution in [2.24, 2.45) is 7.05 Å². The van der Waals surface area contributed by atoms with E-state index in [1.165, 1.54) is 19.3 Å². The standard InChI is InChI=1S/C8H8F3N3O3/c1-3-4(12-7(17)8(9,10)11)5(6(15)16)14(2)13-3/h1-2H3,(H,12,17)(H,15,16). The van der Waals surface area contributed by atoms with E-state index in [9.17, 15) is 22.8 Å². The predicted octanol–water partition coefficient (Wildman–Crippen LogP) is 0.928. The van der Waals surface area contributed by atoms with E-state index in [2.05, 4.69) is 5.10 Å².